The van der Waals surface area contributed by atoms with Crippen LogP contribution in [0.15, 0.2) is 48.7 Å². The van der Waals surface area contributed by atoms with Crippen molar-refractivity contribution in [2.75, 3.05) is 0 Å². The lowest BCUT2D eigenvalue weighted by molar-refractivity contribution is -0.261. The van der Waals surface area contributed by atoms with Crippen LogP contribution in [-0.2, 0) is 25.6 Å². The normalized spacial score (nSPS) is 20.7. The molecule has 0 N–H and O–H groups in total. The summed E-state index contributed by atoms with van der Waals surface area (Å²) in [5, 5.41) is 0.937. The Morgan fingerprint density at radius 1 is 1.15 bits per heavy atom. The van der Waals surface area contributed by atoms with Gasteiger partial charge in [0.1, 0.15) is 5.57 Å². The highest BCUT2D eigenvalue weighted by molar-refractivity contribution is 6.19. The van der Waals surface area contributed by atoms with Crippen LogP contribution in [0, 0.1) is 5.41 Å². The van der Waals surface area contributed by atoms with Crippen molar-refractivity contribution in [3.8, 4) is 0 Å². The summed E-state index contributed by atoms with van der Waals surface area (Å²) in [6.45, 7) is 11.6. The highest BCUT2D eigenvalue weighted by Gasteiger charge is 2.50. The number of fused-ring (bicyclic) bond motifs is 1. The molecule has 1 aromatic heterocycles. The quantitative estimate of drug-likeness (QED) is 0.361. The van der Waals surface area contributed by atoms with E-state index in [4.69, 9.17) is 9.47 Å². The summed E-state index contributed by atoms with van der Waals surface area (Å²) in [5.41, 5.74) is 1.11. The van der Waals surface area contributed by atoms with Crippen molar-refractivity contribution < 1.29 is 19.1 Å². The number of carbonyl (C=O) groups excluding carboxylic acids is 2. The van der Waals surface area contributed by atoms with Crippen LogP contribution in [-0.4, -0.2) is 22.3 Å². The van der Waals surface area contributed by atoms with Crippen LogP contribution in [0.2, 0.25) is 0 Å². The third-order valence-electron chi connectivity index (χ3n) is 4.82. The van der Waals surface area contributed by atoms with E-state index in [1.807, 2.05) is 55.8 Å². The predicted octanol–water partition coefficient (Wildman–Crippen LogP) is 4.07. The highest BCUT2D eigenvalue weighted by atomic mass is 16.7. The second-order valence-corrected chi connectivity index (χ2v) is 7.58. The molecule has 5 nitrogen and oxygen atoms in total. The zero-order valence-electron chi connectivity index (χ0n) is 15.5. The molecule has 0 atom stereocenters. The van der Waals surface area contributed by atoms with E-state index in [9.17, 15) is 9.59 Å². The molecule has 3 rings (SSSR count). The number of hydrogen-bond donors (Lipinski definition) is 0. The Morgan fingerprint density at radius 2 is 1.77 bits per heavy atom. The van der Waals surface area contributed by atoms with Crippen LogP contribution in [0.1, 0.15) is 33.3 Å². The molecule has 5 heteroatoms. The van der Waals surface area contributed by atoms with Crippen LogP contribution >= 0.6 is 0 Å². The van der Waals surface area contributed by atoms with Crippen LogP contribution in [0.3, 0.4) is 0 Å². The van der Waals surface area contributed by atoms with Crippen LogP contribution in [0.4, 0.5) is 0 Å². The molecule has 1 aliphatic rings. The minimum absolute atomic E-state index is 0.103. The van der Waals surface area contributed by atoms with E-state index < -0.39 is 23.1 Å². The SMILES string of the molecule is C=CCn1cc(C=C2C(=O)OC(C)(C(C)(C)C)OC2=O)c2ccccc21. The highest BCUT2D eigenvalue weighted by Crippen LogP contribution is 2.39. The molecular formula is C21H23NO4. The van der Waals surface area contributed by atoms with Gasteiger partial charge in [0, 0.05) is 41.5 Å². The Kier molecular flexibility index (Phi) is 4.26. The van der Waals surface area contributed by atoms with Gasteiger partial charge < -0.3 is 14.0 Å². The van der Waals surface area contributed by atoms with Gasteiger partial charge in [-0.25, -0.2) is 9.59 Å². The first-order valence-corrected chi connectivity index (χ1v) is 8.53. The van der Waals surface area contributed by atoms with E-state index in [-0.39, 0.29) is 5.57 Å². The van der Waals surface area contributed by atoms with E-state index in [1.54, 1.807) is 13.0 Å². The van der Waals surface area contributed by atoms with Crippen molar-refractivity contribution in [3.63, 3.8) is 0 Å². The Hall–Kier alpha value is -2.82. The van der Waals surface area contributed by atoms with Gasteiger partial charge in [-0.1, -0.05) is 45.0 Å². The lowest BCUT2D eigenvalue weighted by Gasteiger charge is -2.42. The first-order valence-electron chi connectivity index (χ1n) is 8.53. The van der Waals surface area contributed by atoms with Gasteiger partial charge in [-0.05, 0) is 12.1 Å². The molecule has 0 spiro atoms. The number of para-hydroxylation sites is 1. The van der Waals surface area contributed by atoms with E-state index in [0.717, 1.165) is 16.5 Å². The lowest BCUT2D eigenvalue weighted by atomic mass is 9.85. The Bertz CT molecular complexity index is 907. The first-order chi connectivity index (χ1) is 12.2. The molecule has 0 unspecified atom stereocenters. The largest absolute Gasteiger partial charge is 0.418 e. The van der Waals surface area contributed by atoms with Gasteiger partial charge in [-0.2, -0.15) is 0 Å². The molecule has 0 radical (unpaired) electrons. The number of nitrogens with zero attached hydrogens (tertiary/aromatic N) is 1. The summed E-state index contributed by atoms with van der Waals surface area (Å²) in [6, 6.07) is 7.78. The van der Waals surface area contributed by atoms with Gasteiger partial charge in [0.05, 0.1) is 0 Å². The number of esters is 2. The van der Waals surface area contributed by atoms with Gasteiger partial charge in [0.25, 0.3) is 5.79 Å². The molecule has 0 aliphatic carbocycles. The summed E-state index contributed by atoms with van der Waals surface area (Å²) >= 11 is 0. The monoisotopic (exact) mass is 353 g/mol. The average Bonchev–Trinajstić information content (AvgIpc) is 2.88. The van der Waals surface area contributed by atoms with E-state index in [1.165, 1.54) is 6.08 Å². The molecule has 0 amide bonds. The van der Waals surface area contributed by atoms with Crippen molar-refractivity contribution in [2.45, 2.75) is 40.0 Å². The van der Waals surface area contributed by atoms with E-state index in [0.29, 0.717) is 6.54 Å². The number of ether oxygens (including phenoxy) is 2. The smallest absolute Gasteiger partial charge is 0.348 e. The number of aromatic nitrogens is 1. The van der Waals surface area contributed by atoms with E-state index in [2.05, 4.69) is 6.58 Å². The van der Waals surface area contributed by atoms with Crippen LogP contribution in [0.5, 0.6) is 0 Å². The zero-order valence-corrected chi connectivity index (χ0v) is 15.5. The zero-order chi connectivity index (χ0) is 19.1. The number of rotatable bonds is 3. The fourth-order valence-electron chi connectivity index (χ4n) is 2.83. The number of cyclic esters (lactones) is 2. The summed E-state index contributed by atoms with van der Waals surface area (Å²) in [7, 11) is 0. The average molecular weight is 353 g/mol. The summed E-state index contributed by atoms with van der Waals surface area (Å²) in [4.78, 5) is 25.1. The molecule has 1 aliphatic heterocycles. The molecule has 2 aromatic rings. The molecule has 0 bridgehead atoms. The lowest BCUT2D eigenvalue weighted by Crippen LogP contribution is -2.52. The van der Waals surface area contributed by atoms with Crippen molar-refractivity contribution in [1.82, 2.24) is 4.57 Å². The molecule has 0 saturated carbocycles. The molecule has 136 valence electrons. The third-order valence-corrected chi connectivity index (χ3v) is 4.82. The minimum atomic E-state index is -1.30. The predicted molar refractivity (Wildman–Crippen MR) is 100 cm³/mol. The van der Waals surface area contributed by atoms with Gasteiger partial charge in [0.2, 0.25) is 0 Å². The van der Waals surface area contributed by atoms with Crippen LogP contribution in [0.25, 0.3) is 17.0 Å². The van der Waals surface area contributed by atoms with Gasteiger partial charge >= 0.3 is 11.9 Å². The van der Waals surface area contributed by atoms with Crippen molar-refractivity contribution in [3.05, 3.63) is 54.3 Å². The summed E-state index contributed by atoms with van der Waals surface area (Å²) in [6.07, 6.45) is 5.22. The molecule has 1 saturated heterocycles. The van der Waals surface area contributed by atoms with E-state index >= 15 is 0 Å². The molecular weight excluding hydrogens is 330 g/mol. The number of carbonyl (C=O) groups is 2. The fourth-order valence-corrected chi connectivity index (χ4v) is 2.83. The third kappa shape index (κ3) is 2.94. The topological polar surface area (TPSA) is 57.5 Å². The second-order valence-electron chi connectivity index (χ2n) is 7.58. The number of benzene rings is 1. The number of hydrogen-bond acceptors (Lipinski definition) is 4. The molecule has 26 heavy (non-hydrogen) atoms. The molecule has 1 fully saturated rings. The van der Waals surface area contributed by atoms with Gasteiger partial charge in [-0.3, -0.25) is 0 Å². The van der Waals surface area contributed by atoms with Gasteiger partial charge in [0.15, 0.2) is 0 Å². The standard InChI is InChI=1S/C21H23NO4/c1-6-11-22-13-14(15-9-7-8-10-17(15)22)12-16-18(23)25-21(5,20(2,3)4)26-19(16)24/h6-10,12-13H,1,11H2,2-5H3. The van der Waals surface area contributed by atoms with Crippen molar-refractivity contribution in [2.24, 2.45) is 5.41 Å². The Balaban J connectivity index is 2.04. The first kappa shape index (κ1) is 18.0. The number of allylic oxidation sites excluding steroid dienone is 1. The maximum Gasteiger partial charge on any atom is 0.348 e. The minimum Gasteiger partial charge on any atom is -0.418 e. The maximum atomic E-state index is 12.5. The molecule has 1 aromatic carbocycles. The Labute approximate surface area is 152 Å². The maximum absolute atomic E-state index is 12.5. The van der Waals surface area contributed by atoms with Gasteiger partial charge in [-0.15, -0.1) is 6.58 Å². The van der Waals surface area contributed by atoms with Crippen molar-refractivity contribution >= 4 is 28.9 Å². The van der Waals surface area contributed by atoms with Crippen molar-refractivity contribution in [1.29, 1.82) is 0 Å². The summed E-state index contributed by atoms with van der Waals surface area (Å²) < 4.78 is 13.0. The molecule has 2 heterocycles. The second kappa shape index (κ2) is 6.16. The van der Waals surface area contributed by atoms with Crippen LogP contribution < -0.4 is 0 Å². The Morgan fingerprint density at radius 3 is 2.35 bits per heavy atom. The fraction of sp³-hybridized carbons (Fsp3) is 0.333. The summed E-state index contributed by atoms with van der Waals surface area (Å²) in [5.74, 6) is -2.63.